The summed E-state index contributed by atoms with van der Waals surface area (Å²) in [7, 11) is -3.63. The Kier molecular flexibility index (Phi) is 2.86. The van der Waals surface area contributed by atoms with Gasteiger partial charge in [-0.25, -0.2) is 13.1 Å². The Morgan fingerprint density at radius 3 is 2.69 bits per heavy atom. The van der Waals surface area contributed by atoms with E-state index in [1.165, 1.54) is 12.1 Å². The van der Waals surface area contributed by atoms with E-state index in [4.69, 9.17) is 4.42 Å². The lowest BCUT2D eigenvalue weighted by Gasteiger charge is -2.11. The lowest BCUT2D eigenvalue weighted by molar-refractivity contribution is 0.109. The molecule has 0 spiro atoms. The van der Waals surface area contributed by atoms with Gasteiger partial charge in [-0.3, -0.25) is 4.79 Å². The molecule has 2 rings (SSSR count). The van der Waals surface area contributed by atoms with Crippen LogP contribution >= 0.6 is 0 Å². The first-order chi connectivity index (χ1) is 7.53. The predicted molar refractivity (Wildman–Crippen MR) is 56.6 cm³/mol. The molecule has 0 saturated heterocycles. The number of hydrogen-bond acceptors (Lipinski definition) is 4. The maximum atomic E-state index is 11.8. The molecule has 1 aromatic rings. The fraction of sp³-hybridized carbons (Fsp3) is 0.500. The highest BCUT2D eigenvalue weighted by molar-refractivity contribution is 7.89. The smallest absolute Gasteiger partial charge is 0.274 e. The van der Waals surface area contributed by atoms with Crippen LogP contribution < -0.4 is 4.72 Å². The van der Waals surface area contributed by atoms with E-state index in [1.54, 1.807) is 0 Å². The highest BCUT2D eigenvalue weighted by atomic mass is 32.2. The Hall–Kier alpha value is -1.14. The van der Waals surface area contributed by atoms with Gasteiger partial charge < -0.3 is 4.42 Å². The third-order valence-electron chi connectivity index (χ3n) is 2.65. The molecule has 1 aliphatic rings. The molecule has 1 atom stereocenters. The fourth-order valence-corrected chi connectivity index (χ4v) is 2.79. The van der Waals surface area contributed by atoms with E-state index in [0.29, 0.717) is 12.2 Å². The van der Waals surface area contributed by atoms with Crippen molar-refractivity contribution in [2.24, 2.45) is 5.92 Å². The van der Waals surface area contributed by atoms with Crippen molar-refractivity contribution >= 4 is 16.3 Å². The zero-order valence-corrected chi connectivity index (χ0v) is 9.66. The van der Waals surface area contributed by atoms with Gasteiger partial charge in [-0.1, -0.05) is 0 Å². The molecule has 1 N–H and O–H groups in total. The van der Waals surface area contributed by atoms with Crippen molar-refractivity contribution in [3.63, 3.8) is 0 Å². The quantitative estimate of drug-likeness (QED) is 0.787. The van der Waals surface area contributed by atoms with Crippen molar-refractivity contribution in [3.8, 4) is 0 Å². The standard InChI is InChI=1S/C10H13NO4S/c1-7(8-2-3-8)11-16(13,14)10-5-4-9(6-12)15-10/h4-8,11H,2-3H2,1H3. The third kappa shape index (κ3) is 2.33. The second-order valence-electron chi connectivity index (χ2n) is 4.02. The highest BCUT2D eigenvalue weighted by Gasteiger charge is 2.32. The Labute approximate surface area is 93.9 Å². The number of hydrogen-bond donors (Lipinski definition) is 1. The molecule has 0 aliphatic heterocycles. The normalized spacial score (nSPS) is 18.3. The van der Waals surface area contributed by atoms with Crippen molar-refractivity contribution in [1.29, 1.82) is 0 Å². The molecular formula is C10H13NO4S. The first-order valence-corrected chi connectivity index (χ1v) is 6.58. The second kappa shape index (κ2) is 4.03. The van der Waals surface area contributed by atoms with Crippen molar-refractivity contribution in [2.45, 2.75) is 30.9 Å². The van der Waals surface area contributed by atoms with Gasteiger partial charge in [0.25, 0.3) is 10.0 Å². The van der Waals surface area contributed by atoms with Gasteiger partial charge in [0.1, 0.15) is 0 Å². The van der Waals surface area contributed by atoms with E-state index < -0.39 is 10.0 Å². The first kappa shape index (κ1) is 11.3. The SMILES string of the molecule is CC(NS(=O)(=O)c1ccc(C=O)o1)C1CC1. The molecular weight excluding hydrogens is 230 g/mol. The van der Waals surface area contributed by atoms with Gasteiger partial charge in [-0.15, -0.1) is 0 Å². The number of carbonyl (C=O) groups is 1. The van der Waals surface area contributed by atoms with Gasteiger partial charge in [-0.2, -0.15) is 0 Å². The van der Waals surface area contributed by atoms with Gasteiger partial charge in [0.2, 0.25) is 5.09 Å². The van der Waals surface area contributed by atoms with Gasteiger partial charge in [0, 0.05) is 6.04 Å². The maximum Gasteiger partial charge on any atom is 0.274 e. The summed E-state index contributed by atoms with van der Waals surface area (Å²) in [5.41, 5.74) is 0. The van der Waals surface area contributed by atoms with Gasteiger partial charge in [0.15, 0.2) is 12.0 Å². The Bertz CT molecular complexity index is 487. The van der Waals surface area contributed by atoms with Crippen LogP contribution in [0.2, 0.25) is 0 Å². The van der Waals surface area contributed by atoms with Crippen LogP contribution in [0.15, 0.2) is 21.6 Å². The zero-order chi connectivity index (χ0) is 11.8. The van der Waals surface area contributed by atoms with Gasteiger partial charge >= 0.3 is 0 Å². The molecule has 16 heavy (non-hydrogen) atoms. The molecule has 1 saturated carbocycles. The molecule has 1 aromatic heterocycles. The van der Waals surface area contributed by atoms with Crippen molar-refractivity contribution < 1.29 is 17.6 Å². The first-order valence-electron chi connectivity index (χ1n) is 5.10. The maximum absolute atomic E-state index is 11.8. The molecule has 88 valence electrons. The number of nitrogens with one attached hydrogen (secondary N) is 1. The Morgan fingerprint density at radius 2 is 2.19 bits per heavy atom. The van der Waals surface area contributed by atoms with Crippen LogP contribution in [0.25, 0.3) is 0 Å². The fourth-order valence-electron chi connectivity index (χ4n) is 1.54. The summed E-state index contributed by atoms with van der Waals surface area (Å²) in [6.45, 7) is 1.83. The predicted octanol–water partition coefficient (Wildman–Crippen LogP) is 1.17. The van der Waals surface area contributed by atoms with Gasteiger partial charge in [0.05, 0.1) is 0 Å². The van der Waals surface area contributed by atoms with Crippen LogP contribution in [-0.2, 0) is 10.0 Å². The van der Waals surface area contributed by atoms with Crippen molar-refractivity contribution in [1.82, 2.24) is 4.72 Å². The van der Waals surface area contributed by atoms with Crippen LogP contribution in [0.1, 0.15) is 30.3 Å². The molecule has 0 radical (unpaired) electrons. The molecule has 1 unspecified atom stereocenters. The Morgan fingerprint density at radius 1 is 1.50 bits per heavy atom. The highest BCUT2D eigenvalue weighted by Crippen LogP contribution is 2.33. The molecule has 1 aliphatic carbocycles. The molecule has 1 heterocycles. The van der Waals surface area contributed by atoms with E-state index in [1.807, 2.05) is 6.92 Å². The van der Waals surface area contributed by atoms with Crippen molar-refractivity contribution in [2.75, 3.05) is 0 Å². The van der Waals surface area contributed by atoms with Crippen LogP contribution in [0, 0.1) is 5.92 Å². The van der Waals surface area contributed by atoms with E-state index in [2.05, 4.69) is 4.72 Å². The summed E-state index contributed by atoms with van der Waals surface area (Å²) < 4.78 is 31.0. The number of rotatable bonds is 5. The minimum Gasteiger partial charge on any atom is -0.440 e. The van der Waals surface area contributed by atoms with Crippen LogP contribution in [0.4, 0.5) is 0 Å². The number of aldehydes is 1. The molecule has 0 amide bonds. The van der Waals surface area contributed by atoms with Crippen LogP contribution in [0.5, 0.6) is 0 Å². The minimum atomic E-state index is -3.63. The van der Waals surface area contributed by atoms with Crippen LogP contribution in [-0.4, -0.2) is 20.7 Å². The molecule has 0 aromatic carbocycles. The summed E-state index contributed by atoms with van der Waals surface area (Å²) in [6.07, 6.45) is 2.59. The second-order valence-corrected chi connectivity index (χ2v) is 5.67. The summed E-state index contributed by atoms with van der Waals surface area (Å²) in [5, 5.41) is -0.206. The monoisotopic (exact) mass is 243 g/mol. The largest absolute Gasteiger partial charge is 0.440 e. The Balaban J connectivity index is 2.14. The average Bonchev–Trinajstić information content (AvgIpc) is 2.95. The van der Waals surface area contributed by atoms with E-state index >= 15 is 0 Å². The molecule has 0 bridgehead atoms. The molecule has 5 nitrogen and oxygen atoms in total. The van der Waals surface area contributed by atoms with E-state index in [0.717, 1.165) is 12.8 Å². The van der Waals surface area contributed by atoms with Gasteiger partial charge in [-0.05, 0) is 37.8 Å². The lowest BCUT2D eigenvalue weighted by atomic mass is 10.2. The lowest BCUT2D eigenvalue weighted by Crippen LogP contribution is -2.33. The summed E-state index contributed by atoms with van der Waals surface area (Å²) in [5.74, 6) is 0.440. The number of furan rings is 1. The zero-order valence-electron chi connectivity index (χ0n) is 8.84. The van der Waals surface area contributed by atoms with E-state index in [9.17, 15) is 13.2 Å². The molecule has 1 fully saturated rings. The minimum absolute atomic E-state index is 0.0134. The number of carbonyl (C=O) groups excluding carboxylic acids is 1. The summed E-state index contributed by atoms with van der Waals surface area (Å²) in [4.78, 5) is 10.4. The van der Waals surface area contributed by atoms with Crippen LogP contribution in [0.3, 0.4) is 0 Å². The van der Waals surface area contributed by atoms with E-state index in [-0.39, 0.29) is 16.9 Å². The number of sulfonamides is 1. The summed E-state index contributed by atoms with van der Waals surface area (Å²) >= 11 is 0. The molecule has 6 heteroatoms. The van der Waals surface area contributed by atoms with Crippen molar-refractivity contribution in [3.05, 3.63) is 17.9 Å². The topological polar surface area (TPSA) is 76.4 Å². The summed E-state index contributed by atoms with van der Waals surface area (Å²) in [6, 6.07) is 2.53. The third-order valence-corrected chi connectivity index (χ3v) is 4.08. The average molecular weight is 243 g/mol.